The lowest BCUT2D eigenvalue weighted by atomic mass is 9.89. The summed E-state index contributed by atoms with van der Waals surface area (Å²) in [5.74, 6) is 1.45. The summed E-state index contributed by atoms with van der Waals surface area (Å²) in [4.78, 5) is 20.5. The summed E-state index contributed by atoms with van der Waals surface area (Å²) in [5, 5.41) is 1.67. The number of hydrogen-bond acceptors (Lipinski definition) is 5. The maximum atomic E-state index is 13.3. The Morgan fingerprint density at radius 1 is 1.48 bits per heavy atom. The topological polar surface area (TPSA) is 44.1 Å². The molecular weight excluding hydrogens is 352 g/mol. The van der Waals surface area contributed by atoms with Crippen LogP contribution in [0.2, 0.25) is 0 Å². The lowest BCUT2D eigenvalue weighted by Gasteiger charge is -2.18. The van der Waals surface area contributed by atoms with Crippen LogP contribution in [0.4, 0.5) is 0 Å². The van der Waals surface area contributed by atoms with Gasteiger partial charge in [0.05, 0.1) is 18.0 Å². The van der Waals surface area contributed by atoms with Crippen LogP contribution in [-0.4, -0.2) is 28.0 Å². The van der Waals surface area contributed by atoms with Gasteiger partial charge in [-0.15, -0.1) is 17.9 Å². The summed E-state index contributed by atoms with van der Waals surface area (Å²) in [6.07, 6.45) is 7.35. The molecule has 6 heteroatoms. The second kappa shape index (κ2) is 7.25. The normalized spacial score (nSPS) is 23.1. The predicted molar refractivity (Wildman–Crippen MR) is 105 cm³/mol. The van der Waals surface area contributed by atoms with Crippen molar-refractivity contribution in [3.05, 3.63) is 33.4 Å². The van der Waals surface area contributed by atoms with Crippen LogP contribution in [0.5, 0.6) is 0 Å². The standard InChI is InChI=1S/C19H24N2O2S2/c1-3-9-24-19-20-17-16(14-7-6-12(2)10-15(14)25-17)18(22)21(19)11-13-5-4-8-23-13/h3,12-13H,1,4-11H2,2H3/t12-,13-/m1/s1. The smallest absolute Gasteiger partial charge is 0.263 e. The zero-order chi connectivity index (χ0) is 17.4. The maximum absolute atomic E-state index is 13.3. The van der Waals surface area contributed by atoms with Crippen molar-refractivity contribution in [2.75, 3.05) is 12.4 Å². The molecule has 0 bridgehead atoms. The maximum Gasteiger partial charge on any atom is 0.263 e. The molecule has 2 atom stereocenters. The Morgan fingerprint density at radius 3 is 3.12 bits per heavy atom. The van der Waals surface area contributed by atoms with Gasteiger partial charge in [0.1, 0.15) is 4.83 Å². The lowest BCUT2D eigenvalue weighted by molar-refractivity contribution is 0.0937. The zero-order valence-corrected chi connectivity index (χ0v) is 16.3. The van der Waals surface area contributed by atoms with Crippen molar-refractivity contribution < 1.29 is 4.74 Å². The first kappa shape index (κ1) is 17.3. The van der Waals surface area contributed by atoms with E-state index < -0.39 is 0 Å². The molecule has 0 N–H and O–H groups in total. The third-order valence-corrected chi connectivity index (χ3v) is 7.24. The van der Waals surface area contributed by atoms with E-state index in [4.69, 9.17) is 9.72 Å². The van der Waals surface area contributed by atoms with Gasteiger partial charge in [-0.05, 0) is 43.6 Å². The van der Waals surface area contributed by atoms with Crippen molar-refractivity contribution in [2.24, 2.45) is 5.92 Å². The Hall–Kier alpha value is -1.11. The number of rotatable bonds is 5. The van der Waals surface area contributed by atoms with E-state index in [0.717, 1.165) is 59.8 Å². The Balaban J connectivity index is 1.82. The van der Waals surface area contributed by atoms with E-state index in [1.54, 1.807) is 23.1 Å². The number of aryl methyl sites for hydroxylation is 1. The van der Waals surface area contributed by atoms with E-state index in [2.05, 4.69) is 13.5 Å². The Kier molecular flexibility index (Phi) is 5.02. The van der Waals surface area contributed by atoms with E-state index in [0.29, 0.717) is 12.5 Å². The number of aromatic nitrogens is 2. The third-order valence-electron chi connectivity index (χ3n) is 5.12. The van der Waals surface area contributed by atoms with Gasteiger partial charge in [-0.25, -0.2) is 4.98 Å². The van der Waals surface area contributed by atoms with Gasteiger partial charge < -0.3 is 4.74 Å². The van der Waals surface area contributed by atoms with Crippen LogP contribution in [0.25, 0.3) is 10.2 Å². The first-order valence-corrected chi connectivity index (χ1v) is 10.9. The van der Waals surface area contributed by atoms with Crippen LogP contribution in [0.15, 0.2) is 22.6 Å². The SMILES string of the molecule is C=CCSc1nc2sc3c(c2c(=O)n1C[C@H]1CCCO1)CC[C@@H](C)C3. The summed E-state index contributed by atoms with van der Waals surface area (Å²) in [7, 11) is 0. The van der Waals surface area contributed by atoms with Gasteiger partial charge in [-0.1, -0.05) is 24.8 Å². The van der Waals surface area contributed by atoms with E-state index in [1.165, 1.54) is 10.4 Å². The van der Waals surface area contributed by atoms with Crippen LogP contribution >= 0.6 is 23.1 Å². The molecule has 1 fully saturated rings. The minimum atomic E-state index is 0.124. The minimum Gasteiger partial charge on any atom is -0.376 e. The van der Waals surface area contributed by atoms with Gasteiger partial charge in [0.25, 0.3) is 5.56 Å². The molecule has 0 radical (unpaired) electrons. The lowest BCUT2D eigenvalue weighted by Crippen LogP contribution is -2.29. The Bertz CT molecular complexity index is 849. The molecule has 2 aliphatic rings. The van der Waals surface area contributed by atoms with E-state index in [-0.39, 0.29) is 11.7 Å². The minimum absolute atomic E-state index is 0.124. The molecule has 0 aromatic carbocycles. The fourth-order valence-electron chi connectivity index (χ4n) is 3.80. The number of ether oxygens (including phenoxy) is 1. The Morgan fingerprint density at radius 2 is 2.36 bits per heavy atom. The molecule has 25 heavy (non-hydrogen) atoms. The summed E-state index contributed by atoms with van der Waals surface area (Å²) in [5.41, 5.74) is 1.39. The highest BCUT2D eigenvalue weighted by atomic mass is 32.2. The summed E-state index contributed by atoms with van der Waals surface area (Å²) in [6, 6.07) is 0. The molecule has 2 aromatic heterocycles. The van der Waals surface area contributed by atoms with Crippen molar-refractivity contribution in [3.8, 4) is 0 Å². The van der Waals surface area contributed by atoms with Gasteiger partial charge in [-0.2, -0.15) is 0 Å². The van der Waals surface area contributed by atoms with Gasteiger partial charge in [-0.3, -0.25) is 9.36 Å². The molecule has 2 aromatic rings. The molecule has 0 unspecified atom stereocenters. The van der Waals surface area contributed by atoms with Crippen LogP contribution in [0.3, 0.4) is 0 Å². The molecule has 4 nitrogen and oxygen atoms in total. The molecule has 1 aliphatic carbocycles. The average molecular weight is 377 g/mol. The first-order valence-electron chi connectivity index (χ1n) is 9.07. The van der Waals surface area contributed by atoms with Crippen LogP contribution in [-0.2, 0) is 24.1 Å². The van der Waals surface area contributed by atoms with Crippen molar-refractivity contribution in [3.63, 3.8) is 0 Å². The van der Waals surface area contributed by atoms with Gasteiger partial charge in [0, 0.05) is 17.2 Å². The number of fused-ring (bicyclic) bond motifs is 3. The largest absolute Gasteiger partial charge is 0.376 e. The van der Waals surface area contributed by atoms with Crippen LogP contribution in [0, 0.1) is 5.92 Å². The van der Waals surface area contributed by atoms with E-state index in [1.807, 2.05) is 10.6 Å². The van der Waals surface area contributed by atoms with Crippen molar-refractivity contribution in [1.29, 1.82) is 0 Å². The fraction of sp³-hybridized carbons (Fsp3) is 0.579. The summed E-state index contributed by atoms with van der Waals surface area (Å²) < 4.78 is 7.64. The van der Waals surface area contributed by atoms with Gasteiger partial charge in [0.2, 0.25) is 0 Å². The van der Waals surface area contributed by atoms with Crippen LogP contribution in [0.1, 0.15) is 36.6 Å². The summed E-state index contributed by atoms with van der Waals surface area (Å²) in [6.45, 7) is 7.51. The summed E-state index contributed by atoms with van der Waals surface area (Å²) >= 11 is 3.31. The first-order chi connectivity index (χ1) is 12.2. The third kappa shape index (κ3) is 3.32. The van der Waals surface area contributed by atoms with E-state index >= 15 is 0 Å². The van der Waals surface area contributed by atoms with Crippen LogP contribution < -0.4 is 5.56 Å². The molecule has 3 heterocycles. The highest BCUT2D eigenvalue weighted by molar-refractivity contribution is 7.99. The second-order valence-corrected chi connectivity index (χ2v) is 9.15. The van der Waals surface area contributed by atoms with Crippen molar-refractivity contribution in [2.45, 2.75) is 56.8 Å². The number of hydrogen-bond donors (Lipinski definition) is 0. The molecular formula is C19H24N2O2S2. The van der Waals surface area contributed by atoms with Crippen molar-refractivity contribution >= 4 is 33.3 Å². The quantitative estimate of drug-likeness (QED) is 0.449. The fourth-order valence-corrected chi connectivity index (χ4v) is 5.97. The predicted octanol–water partition coefficient (Wildman–Crippen LogP) is 4.04. The second-order valence-electron chi connectivity index (χ2n) is 7.08. The highest BCUT2D eigenvalue weighted by Gasteiger charge is 2.26. The Labute approximate surface area is 156 Å². The monoisotopic (exact) mass is 376 g/mol. The van der Waals surface area contributed by atoms with E-state index in [9.17, 15) is 4.79 Å². The van der Waals surface area contributed by atoms with Gasteiger partial charge in [0.15, 0.2) is 5.16 Å². The van der Waals surface area contributed by atoms with Gasteiger partial charge >= 0.3 is 0 Å². The molecule has 1 aliphatic heterocycles. The molecule has 4 rings (SSSR count). The molecule has 0 amide bonds. The zero-order valence-electron chi connectivity index (χ0n) is 14.6. The average Bonchev–Trinajstić information content (AvgIpc) is 3.22. The molecule has 0 saturated carbocycles. The molecule has 1 saturated heterocycles. The number of thioether (sulfide) groups is 1. The number of nitrogens with zero attached hydrogens (tertiary/aromatic N) is 2. The molecule has 0 spiro atoms. The highest BCUT2D eigenvalue weighted by Crippen LogP contribution is 2.36. The van der Waals surface area contributed by atoms with Crippen molar-refractivity contribution in [1.82, 2.24) is 9.55 Å². The molecule has 134 valence electrons. The number of thiophene rings is 1.